The van der Waals surface area contributed by atoms with Crippen molar-refractivity contribution in [1.29, 1.82) is 0 Å². The van der Waals surface area contributed by atoms with E-state index in [1.807, 2.05) is 0 Å². The Bertz CT molecular complexity index is 1080. The Hall–Kier alpha value is -2.43. The van der Waals surface area contributed by atoms with Crippen LogP contribution in [0.15, 0.2) is 53.4 Å². The van der Waals surface area contributed by atoms with Gasteiger partial charge in [-0.05, 0) is 23.3 Å². The Kier molecular flexibility index (Phi) is 7.39. The minimum atomic E-state index is -3.62. The standard InChI is InChI=1S/C19H25N3O5S2/c1-22(2)29(26,27)18-11-7-5-8-15(18)12-21-19(23)13-20-17-10-6-4-9-16(17)14-28(3,24)25/h4-11,20H,12-14H2,1-3H3,(H,21,23). The largest absolute Gasteiger partial charge is 0.376 e. The van der Waals surface area contributed by atoms with Crippen LogP contribution in [-0.4, -0.2) is 53.9 Å². The molecule has 2 rings (SSSR count). The number of rotatable bonds is 9. The Balaban J connectivity index is 2.03. The zero-order valence-corrected chi connectivity index (χ0v) is 18.2. The lowest BCUT2D eigenvalue weighted by Crippen LogP contribution is -2.31. The molecule has 0 saturated heterocycles. The third kappa shape index (κ3) is 6.55. The van der Waals surface area contributed by atoms with E-state index in [9.17, 15) is 21.6 Å². The van der Waals surface area contributed by atoms with Gasteiger partial charge in [-0.15, -0.1) is 0 Å². The molecule has 2 aromatic carbocycles. The third-order valence-electron chi connectivity index (χ3n) is 4.08. The lowest BCUT2D eigenvalue weighted by atomic mass is 10.2. The number of sulfone groups is 1. The molecule has 1 amide bonds. The van der Waals surface area contributed by atoms with Gasteiger partial charge in [0.15, 0.2) is 9.84 Å². The number of hydrogen-bond acceptors (Lipinski definition) is 6. The summed E-state index contributed by atoms with van der Waals surface area (Å²) in [5, 5.41) is 5.62. The maximum Gasteiger partial charge on any atom is 0.242 e. The van der Waals surface area contributed by atoms with Gasteiger partial charge in [-0.3, -0.25) is 4.79 Å². The smallest absolute Gasteiger partial charge is 0.242 e. The Morgan fingerprint density at radius 1 is 0.931 bits per heavy atom. The van der Waals surface area contributed by atoms with Gasteiger partial charge < -0.3 is 10.6 Å². The van der Waals surface area contributed by atoms with Gasteiger partial charge in [0.05, 0.1) is 17.2 Å². The van der Waals surface area contributed by atoms with E-state index in [0.29, 0.717) is 16.8 Å². The Morgan fingerprint density at radius 2 is 1.52 bits per heavy atom. The zero-order chi connectivity index (χ0) is 21.7. The number of anilines is 1. The summed E-state index contributed by atoms with van der Waals surface area (Å²) in [6.07, 6.45) is 1.15. The van der Waals surface area contributed by atoms with E-state index in [2.05, 4.69) is 10.6 Å². The van der Waals surface area contributed by atoms with E-state index in [4.69, 9.17) is 0 Å². The highest BCUT2D eigenvalue weighted by Crippen LogP contribution is 2.19. The first-order chi connectivity index (χ1) is 13.5. The number of carbonyl (C=O) groups excluding carboxylic acids is 1. The van der Waals surface area contributed by atoms with Crippen LogP contribution in [0.4, 0.5) is 5.69 Å². The predicted octanol–water partition coefficient (Wildman–Crippen LogP) is 1.21. The molecule has 158 valence electrons. The summed E-state index contributed by atoms with van der Waals surface area (Å²) >= 11 is 0. The second-order valence-corrected chi connectivity index (χ2v) is 11.0. The highest BCUT2D eigenvalue weighted by Gasteiger charge is 2.20. The van der Waals surface area contributed by atoms with Crippen molar-refractivity contribution in [1.82, 2.24) is 9.62 Å². The van der Waals surface area contributed by atoms with Crippen LogP contribution in [0.3, 0.4) is 0 Å². The van der Waals surface area contributed by atoms with Crippen molar-refractivity contribution >= 4 is 31.5 Å². The summed E-state index contributed by atoms with van der Waals surface area (Å²) in [5.74, 6) is -0.482. The summed E-state index contributed by atoms with van der Waals surface area (Å²) in [6, 6.07) is 13.3. The number of nitrogens with one attached hydrogen (secondary N) is 2. The second kappa shape index (κ2) is 9.38. The van der Waals surface area contributed by atoms with Crippen LogP contribution in [0.25, 0.3) is 0 Å². The van der Waals surface area contributed by atoms with E-state index in [1.165, 1.54) is 20.2 Å². The van der Waals surface area contributed by atoms with Crippen molar-refractivity contribution in [3.8, 4) is 0 Å². The van der Waals surface area contributed by atoms with E-state index < -0.39 is 19.9 Å². The van der Waals surface area contributed by atoms with E-state index in [0.717, 1.165) is 10.6 Å². The first-order valence-corrected chi connectivity index (χ1v) is 12.3. The number of hydrogen-bond donors (Lipinski definition) is 2. The van der Waals surface area contributed by atoms with Crippen LogP contribution in [-0.2, 0) is 37.0 Å². The monoisotopic (exact) mass is 439 g/mol. The lowest BCUT2D eigenvalue weighted by Gasteiger charge is -2.16. The SMILES string of the molecule is CN(C)S(=O)(=O)c1ccccc1CNC(=O)CNc1ccccc1CS(C)(=O)=O. The van der Waals surface area contributed by atoms with Crippen LogP contribution < -0.4 is 10.6 Å². The van der Waals surface area contributed by atoms with Crippen LogP contribution in [0.2, 0.25) is 0 Å². The Morgan fingerprint density at radius 3 is 2.14 bits per heavy atom. The van der Waals surface area contributed by atoms with Crippen molar-refractivity contribution in [2.24, 2.45) is 0 Å². The molecule has 29 heavy (non-hydrogen) atoms. The first-order valence-electron chi connectivity index (χ1n) is 8.77. The molecule has 8 nitrogen and oxygen atoms in total. The minimum Gasteiger partial charge on any atom is -0.376 e. The maximum atomic E-state index is 12.4. The van der Waals surface area contributed by atoms with Gasteiger partial charge in [-0.2, -0.15) is 0 Å². The summed E-state index contributed by atoms with van der Waals surface area (Å²) in [4.78, 5) is 12.4. The lowest BCUT2D eigenvalue weighted by molar-refractivity contribution is -0.119. The molecule has 0 bridgehead atoms. The molecule has 0 fully saturated rings. The van der Waals surface area contributed by atoms with Crippen molar-refractivity contribution in [3.05, 3.63) is 59.7 Å². The van der Waals surface area contributed by atoms with Gasteiger partial charge >= 0.3 is 0 Å². The van der Waals surface area contributed by atoms with Crippen molar-refractivity contribution < 1.29 is 21.6 Å². The number of nitrogens with zero attached hydrogens (tertiary/aromatic N) is 1. The van der Waals surface area contributed by atoms with Crippen LogP contribution in [0.1, 0.15) is 11.1 Å². The fraction of sp³-hybridized carbons (Fsp3) is 0.316. The number of sulfonamides is 1. The zero-order valence-electron chi connectivity index (χ0n) is 16.5. The molecular weight excluding hydrogens is 414 g/mol. The molecule has 2 aromatic rings. The van der Waals surface area contributed by atoms with Gasteiger partial charge in [0, 0.05) is 32.6 Å². The summed E-state index contributed by atoms with van der Waals surface area (Å²) in [5.41, 5.74) is 1.61. The number of benzene rings is 2. The molecule has 0 aromatic heterocycles. The molecule has 10 heteroatoms. The quantitative estimate of drug-likeness (QED) is 0.607. The molecule has 0 aliphatic carbocycles. The molecule has 0 radical (unpaired) electrons. The highest BCUT2D eigenvalue weighted by molar-refractivity contribution is 7.90. The summed E-state index contributed by atoms with van der Waals surface area (Å²) < 4.78 is 49.0. The molecule has 0 spiro atoms. The van der Waals surface area contributed by atoms with Crippen LogP contribution in [0, 0.1) is 0 Å². The molecular formula is C19H25N3O5S2. The van der Waals surface area contributed by atoms with Crippen LogP contribution in [0.5, 0.6) is 0 Å². The average molecular weight is 440 g/mol. The van der Waals surface area contributed by atoms with Gasteiger partial charge in [0.1, 0.15) is 0 Å². The van der Waals surface area contributed by atoms with Gasteiger partial charge in [0.25, 0.3) is 0 Å². The van der Waals surface area contributed by atoms with Gasteiger partial charge in [0.2, 0.25) is 15.9 Å². The summed E-state index contributed by atoms with van der Waals surface area (Å²) in [7, 11) is -3.94. The van der Waals surface area contributed by atoms with E-state index >= 15 is 0 Å². The maximum absolute atomic E-state index is 12.4. The minimum absolute atomic E-state index is 0.0503. The average Bonchev–Trinajstić information content (AvgIpc) is 2.64. The van der Waals surface area contributed by atoms with Crippen molar-refractivity contribution in [2.75, 3.05) is 32.2 Å². The molecule has 0 aliphatic heterocycles. The van der Waals surface area contributed by atoms with Crippen molar-refractivity contribution in [3.63, 3.8) is 0 Å². The molecule has 0 aliphatic rings. The molecule has 0 heterocycles. The topological polar surface area (TPSA) is 113 Å². The second-order valence-electron chi connectivity index (χ2n) is 6.75. The van der Waals surface area contributed by atoms with Gasteiger partial charge in [-0.1, -0.05) is 36.4 Å². The number of para-hydroxylation sites is 1. The first kappa shape index (κ1) is 22.9. The molecule has 0 atom stereocenters. The molecule has 0 saturated carbocycles. The number of amides is 1. The Labute approximate surface area is 171 Å². The van der Waals surface area contributed by atoms with E-state index in [-0.39, 0.29) is 29.6 Å². The fourth-order valence-electron chi connectivity index (χ4n) is 2.63. The van der Waals surface area contributed by atoms with E-state index in [1.54, 1.807) is 42.5 Å². The highest BCUT2D eigenvalue weighted by atomic mass is 32.2. The van der Waals surface area contributed by atoms with Crippen molar-refractivity contribution in [2.45, 2.75) is 17.2 Å². The van der Waals surface area contributed by atoms with Crippen LogP contribution >= 0.6 is 0 Å². The fourth-order valence-corrected chi connectivity index (χ4v) is 4.56. The molecule has 2 N–H and O–H groups in total. The van der Waals surface area contributed by atoms with Gasteiger partial charge in [-0.25, -0.2) is 21.1 Å². The predicted molar refractivity (Wildman–Crippen MR) is 113 cm³/mol. The third-order valence-corrected chi connectivity index (χ3v) is 6.83. The summed E-state index contributed by atoms with van der Waals surface area (Å²) in [6.45, 7) is -0.0296. The normalized spacial score (nSPS) is 12.0. The molecule has 0 unspecified atom stereocenters. The number of carbonyl (C=O) groups is 1.